The van der Waals surface area contributed by atoms with Crippen molar-refractivity contribution in [1.29, 1.82) is 0 Å². The van der Waals surface area contributed by atoms with Gasteiger partial charge in [0.05, 0.1) is 11.8 Å². The van der Waals surface area contributed by atoms with Gasteiger partial charge in [-0.25, -0.2) is 4.63 Å². The van der Waals surface area contributed by atoms with Gasteiger partial charge in [0.1, 0.15) is 11.3 Å². The van der Waals surface area contributed by atoms with E-state index in [1.807, 2.05) is 62.4 Å². The van der Waals surface area contributed by atoms with Crippen LogP contribution in [-0.4, -0.2) is 23.1 Å². The molecule has 0 bridgehead atoms. The number of nitrogens with one attached hydrogen (secondary N) is 1. The van der Waals surface area contributed by atoms with Crippen LogP contribution in [0.15, 0.2) is 53.2 Å². The minimum absolute atomic E-state index is 0.140. The van der Waals surface area contributed by atoms with E-state index in [9.17, 15) is 4.57 Å². The van der Waals surface area contributed by atoms with E-state index in [4.69, 9.17) is 9.15 Å². The zero-order chi connectivity index (χ0) is 17.2. The van der Waals surface area contributed by atoms with E-state index >= 15 is 0 Å². The lowest BCUT2D eigenvalue weighted by Gasteiger charge is -2.28. The van der Waals surface area contributed by atoms with Crippen molar-refractivity contribution in [1.82, 2.24) is 10.3 Å². The van der Waals surface area contributed by atoms with Gasteiger partial charge in [0.2, 0.25) is 7.37 Å². The van der Waals surface area contributed by atoms with Crippen LogP contribution in [0.25, 0.3) is 11.0 Å². The normalized spacial score (nSPS) is 15.3. The highest BCUT2D eigenvalue weighted by Crippen LogP contribution is 2.57. The average molecular weight is 345 g/mol. The largest absolute Gasteiger partial charge is 0.368 e. The number of fused-ring (bicyclic) bond motifs is 1. The molecule has 0 aliphatic rings. The highest BCUT2D eigenvalue weighted by molar-refractivity contribution is 7.58. The van der Waals surface area contributed by atoms with Crippen LogP contribution in [0.3, 0.4) is 0 Å². The number of benzene rings is 2. The third-order valence-electron chi connectivity index (χ3n) is 3.58. The fraction of sp³-hybridized carbons (Fsp3) is 0.294. The zero-order valence-electron chi connectivity index (χ0n) is 13.8. The fourth-order valence-electron chi connectivity index (χ4n) is 2.66. The topological polar surface area (TPSA) is 77.2 Å². The number of aromatic nitrogens is 2. The molecule has 0 amide bonds. The minimum Gasteiger partial charge on any atom is -0.368 e. The molecule has 24 heavy (non-hydrogen) atoms. The molecular formula is C17H20N3O3P. The molecule has 0 fully saturated rings. The van der Waals surface area contributed by atoms with E-state index in [0.29, 0.717) is 16.7 Å². The predicted octanol–water partition coefficient (Wildman–Crippen LogP) is 4.67. The molecule has 1 N–H and O–H groups in total. The van der Waals surface area contributed by atoms with Crippen molar-refractivity contribution in [3.8, 4) is 0 Å². The maximum absolute atomic E-state index is 13.3. The summed E-state index contributed by atoms with van der Waals surface area (Å²) in [6.45, 7) is 5.40. The van der Waals surface area contributed by atoms with Crippen LogP contribution in [-0.2, 0) is 9.09 Å². The molecule has 3 rings (SSSR count). The maximum atomic E-state index is 13.3. The molecule has 2 atom stereocenters. The van der Waals surface area contributed by atoms with Crippen molar-refractivity contribution in [3.63, 3.8) is 0 Å². The Morgan fingerprint density at radius 1 is 1.08 bits per heavy atom. The van der Waals surface area contributed by atoms with Gasteiger partial charge < -0.3 is 9.84 Å². The number of nitrogens with zero attached hydrogens (tertiary/aromatic N) is 2. The highest BCUT2D eigenvalue weighted by Gasteiger charge is 2.32. The number of anilines is 1. The molecule has 3 aromatic rings. The van der Waals surface area contributed by atoms with E-state index in [-0.39, 0.29) is 6.10 Å². The van der Waals surface area contributed by atoms with Crippen LogP contribution in [0.5, 0.6) is 0 Å². The Bertz CT molecular complexity index is 864. The van der Waals surface area contributed by atoms with Crippen LogP contribution in [0.4, 0.5) is 5.69 Å². The number of rotatable bonds is 6. The highest BCUT2D eigenvalue weighted by atomic mass is 31.2. The lowest BCUT2D eigenvalue weighted by atomic mass is 10.2. The van der Waals surface area contributed by atoms with E-state index < -0.39 is 13.2 Å². The van der Waals surface area contributed by atoms with Crippen LogP contribution in [0, 0.1) is 0 Å². The summed E-state index contributed by atoms with van der Waals surface area (Å²) in [7, 11) is -3.00. The molecule has 0 saturated heterocycles. The summed E-state index contributed by atoms with van der Waals surface area (Å²) < 4.78 is 23.8. The fourth-order valence-corrected chi connectivity index (χ4v) is 4.70. The lowest BCUT2D eigenvalue weighted by molar-refractivity contribution is 0.243. The van der Waals surface area contributed by atoms with Crippen molar-refractivity contribution >= 4 is 24.1 Å². The average Bonchev–Trinajstić information content (AvgIpc) is 3.01. The first-order valence-corrected chi connectivity index (χ1v) is 9.90. The number of hydrogen-bond acceptors (Lipinski definition) is 6. The molecule has 0 aliphatic carbocycles. The maximum Gasteiger partial charge on any atom is 0.226 e. The molecule has 0 radical (unpaired) electrons. The lowest BCUT2D eigenvalue weighted by Crippen LogP contribution is -2.15. The summed E-state index contributed by atoms with van der Waals surface area (Å²) in [5.74, 6) is -0.497. The van der Waals surface area contributed by atoms with Crippen molar-refractivity contribution < 1.29 is 13.7 Å². The molecule has 2 aromatic carbocycles. The first kappa shape index (κ1) is 16.7. The van der Waals surface area contributed by atoms with Gasteiger partial charge in [0, 0.05) is 6.66 Å². The summed E-state index contributed by atoms with van der Waals surface area (Å²) in [5.41, 5.74) is 2.83. The first-order chi connectivity index (χ1) is 11.5. The van der Waals surface area contributed by atoms with Gasteiger partial charge in [-0.15, -0.1) is 0 Å². The van der Waals surface area contributed by atoms with Crippen LogP contribution < -0.4 is 5.32 Å². The van der Waals surface area contributed by atoms with E-state index in [2.05, 4.69) is 15.6 Å². The third-order valence-corrected chi connectivity index (χ3v) is 5.79. The van der Waals surface area contributed by atoms with Gasteiger partial charge in [0.25, 0.3) is 0 Å². The molecule has 7 heteroatoms. The van der Waals surface area contributed by atoms with E-state index in [0.717, 1.165) is 5.56 Å². The van der Waals surface area contributed by atoms with Crippen molar-refractivity contribution in [2.45, 2.75) is 25.7 Å². The summed E-state index contributed by atoms with van der Waals surface area (Å²) >= 11 is 0. The summed E-state index contributed by atoms with van der Waals surface area (Å²) in [6, 6.07) is 15.1. The molecular weight excluding hydrogens is 325 g/mol. The Labute approximate surface area is 140 Å². The molecule has 0 aliphatic heterocycles. The summed E-state index contributed by atoms with van der Waals surface area (Å²) in [5, 5.41) is 11.1. The van der Waals surface area contributed by atoms with Crippen molar-refractivity contribution in [2.75, 3.05) is 12.0 Å². The monoisotopic (exact) mass is 345 g/mol. The summed E-state index contributed by atoms with van der Waals surface area (Å²) in [6.07, 6.45) is -0.140. The van der Waals surface area contributed by atoms with Gasteiger partial charge in [-0.1, -0.05) is 36.4 Å². The summed E-state index contributed by atoms with van der Waals surface area (Å²) in [4.78, 5) is 0. The standard InChI is InChI=1S/C17H20N3O3P/c1-12(2)22-24(3,21)17(13-8-5-4-6-9-13)18-14-10-7-11-15-16(14)20-23-19-15/h4-12,17-18H,1-3H3. The van der Waals surface area contributed by atoms with Crippen LogP contribution >= 0.6 is 7.37 Å². The molecule has 2 unspecified atom stereocenters. The molecule has 6 nitrogen and oxygen atoms in total. The second-order valence-electron chi connectivity index (χ2n) is 5.96. The molecule has 1 aromatic heterocycles. The molecule has 0 spiro atoms. The molecule has 0 saturated carbocycles. The van der Waals surface area contributed by atoms with Gasteiger partial charge in [-0.3, -0.25) is 4.57 Å². The third kappa shape index (κ3) is 3.50. The second-order valence-corrected chi connectivity index (χ2v) is 8.50. The van der Waals surface area contributed by atoms with E-state index in [1.54, 1.807) is 6.66 Å². The first-order valence-electron chi connectivity index (χ1n) is 7.76. The Balaban J connectivity index is 2.02. The predicted molar refractivity (Wildman–Crippen MR) is 94.4 cm³/mol. The Kier molecular flexibility index (Phi) is 4.69. The molecule has 126 valence electrons. The van der Waals surface area contributed by atoms with Crippen molar-refractivity contribution in [3.05, 3.63) is 54.1 Å². The SMILES string of the molecule is CC(C)OP(C)(=O)C(Nc1cccc2nonc12)c1ccccc1. The van der Waals surface area contributed by atoms with Gasteiger partial charge in [-0.05, 0) is 41.9 Å². The smallest absolute Gasteiger partial charge is 0.226 e. The molecule has 1 heterocycles. The van der Waals surface area contributed by atoms with Gasteiger partial charge in [0.15, 0.2) is 5.52 Å². The number of hydrogen-bond donors (Lipinski definition) is 1. The van der Waals surface area contributed by atoms with Crippen LogP contribution in [0.1, 0.15) is 25.2 Å². The minimum atomic E-state index is -3.00. The second kappa shape index (κ2) is 6.75. The van der Waals surface area contributed by atoms with Crippen molar-refractivity contribution in [2.24, 2.45) is 0 Å². The Hall–Kier alpha value is -2.17. The zero-order valence-corrected chi connectivity index (χ0v) is 14.7. The van der Waals surface area contributed by atoms with Gasteiger partial charge >= 0.3 is 0 Å². The Morgan fingerprint density at radius 3 is 2.54 bits per heavy atom. The van der Waals surface area contributed by atoms with Crippen LogP contribution in [0.2, 0.25) is 0 Å². The van der Waals surface area contributed by atoms with E-state index in [1.165, 1.54) is 0 Å². The quantitative estimate of drug-likeness (QED) is 0.654. The van der Waals surface area contributed by atoms with Gasteiger partial charge in [-0.2, -0.15) is 0 Å². The Morgan fingerprint density at radius 2 is 1.83 bits per heavy atom.